The van der Waals surface area contributed by atoms with Crippen LogP contribution in [0, 0.1) is 0 Å². The minimum atomic E-state index is -0.909. The normalized spacial score (nSPS) is 18.9. The molecule has 1 fully saturated rings. The topological polar surface area (TPSA) is 122 Å². The third-order valence-corrected chi connectivity index (χ3v) is 2.47. The van der Waals surface area contributed by atoms with Gasteiger partial charge in [-0.2, -0.15) is 0 Å². The zero-order chi connectivity index (χ0) is 13.9. The summed E-state index contributed by atoms with van der Waals surface area (Å²) in [7, 11) is 0. The SMILES string of the molecule is C[C@H](N)C(=O)N[C@@H](C)C(=O)N1CCNC(=O)C1=O. The number of nitrogens with one attached hydrogen (secondary N) is 2. The fourth-order valence-electron chi connectivity index (χ4n) is 1.43. The van der Waals surface area contributed by atoms with Crippen molar-refractivity contribution < 1.29 is 19.2 Å². The molecule has 8 heteroatoms. The first-order valence-electron chi connectivity index (χ1n) is 5.54. The molecular weight excluding hydrogens is 240 g/mol. The maximum absolute atomic E-state index is 11.9. The number of rotatable bonds is 3. The Labute approximate surface area is 104 Å². The molecule has 8 nitrogen and oxygen atoms in total. The van der Waals surface area contributed by atoms with Gasteiger partial charge in [-0.3, -0.25) is 24.1 Å². The van der Waals surface area contributed by atoms with Crippen LogP contribution in [-0.2, 0) is 19.2 Å². The summed E-state index contributed by atoms with van der Waals surface area (Å²) in [5.74, 6) is -2.85. The van der Waals surface area contributed by atoms with Gasteiger partial charge in [-0.15, -0.1) is 0 Å². The Bertz CT molecular complexity index is 393. The van der Waals surface area contributed by atoms with Gasteiger partial charge in [0.25, 0.3) is 5.91 Å². The van der Waals surface area contributed by atoms with Crippen LogP contribution in [0.15, 0.2) is 0 Å². The molecule has 0 aromatic heterocycles. The van der Waals surface area contributed by atoms with Gasteiger partial charge in [0.05, 0.1) is 6.04 Å². The van der Waals surface area contributed by atoms with Gasteiger partial charge >= 0.3 is 11.8 Å². The Morgan fingerprint density at radius 2 is 2.00 bits per heavy atom. The molecule has 0 bridgehead atoms. The van der Waals surface area contributed by atoms with Crippen molar-refractivity contribution in [2.45, 2.75) is 25.9 Å². The van der Waals surface area contributed by atoms with Crippen molar-refractivity contribution in [3.8, 4) is 0 Å². The van der Waals surface area contributed by atoms with E-state index in [4.69, 9.17) is 5.73 Å². The highest BCUT2D eigenvalue weighted by Gasteiger charge is 2.33. The van der Waals surface area contributed by atoms with Crippen LogP contribution in [-0.4, -0.2) is 53.7 Å². The molecule has 2 atom stereocenters. The molecule has 0 spiro atoms. The molecule has 0 unspecified atom stereocenters. The lowest BCUT2D eigenvalue weighted by atomic mass is 10.2. The summed E-state index contributed by atoms with van der Waals surface area (Å²) in [5, 5.41) is 4.70. The maximum atomic E-state index is 11.9. The number of nitrogens with zero attached hydrogens (tertiary/aromatic N) is 1. The number of piperazine rings is 1. The van der Waals surface area contributed by atoms with E-state index in [0.717, 1.165) is 4.90 Å². The molecule has 1 rings (SSSR count). The molecule has 100 valence electrons. The Balaban J connectivity index is 2.66. The van der Waals surface area contributed by atoms with Crippen molar-refractivity contribution in [3.05, 3.63) is 0 Å². The quantitative estimate of drug-likeness (QED) is 0.475. The Morgan fingerprint density at radius 1 is 1.39 bits per heavy atom. The maximum Gasteiger partial charge on any atom is 0.318 e. The second-order valence-corrected chi connectivity index (χ2v) is 4.07. The van der Waals surface area contributed by atoms with Gasteiger partial charge in [-0.1, -0.05) is 0 Å². The molecule has 0 aliphatic carbocycles. The average molecular weight is 256 g/mol. The molecule has 18 heavy (non-hydrogen) atoms. The van der Waals surface area contributed by atoms with Crippen LogP contribution in [0.4, 0.5) is 0 Å². The summed E-state index contributed by atoms with van der Waals surface area (Å²) in [6.07, 6.45) is 0. The Kier molecular flexibility index (Phi) is 4.38. The van der Waals surface area contributed by atoms with Crippen LogP contribution in [0.1, 0.15) is 13.8 Å². The van der Waals surface area contributed by atoms with Crippen molar-refractivity contribution in [3.63, 3.8) is 0 Å². The van der Waals surface area contributed by atoms with Gasteiger partial charge in [-0.05, 0) is 13.8 Å². The van der Waals surface area contributed by atoms with Crippen LogP contribution in [0.2, 0.25) is 0 Å². The van der Waals surface area contributed by atoms with Crippen LogP contribution >= 0.6 is 0 Å². The van der Waals surface area contributed by atoms with Gasteiger partial charge in [0.15, 0.2) is 0 Å². The van der Waals surface area contributed by atoms with Crippen molar-refractivity contribution in [1.82, 2.24) is 15.5 Å². The lowest BCUT2D eigenvalue weighted by Crippen LogP contribution is -2.59. The van der Waals surface area contributed by atoms with E-state index in [2.05, 4.69) is 10.6 Å². The van der Waals surface area contributed by atoms with Crippen LogP contribution < -0.4 is 16.4 Å². The summed E-state index contributed by atoms with van der Waals surface area (Å²) in [5.41, 5.74) is 5.34. The number of nitrogens with two attached hydrogens (primary N) is 1. The number of carbonyl (C=O) groups is 4. The zero-order valence-electron chi connectivity index (χ0n) is 10.2. The van der Waals surface area contributed by atoms with Gasteiger partial charge < -0.3 is 16.4 Å². The predicted molar refractivity (Wildman–Crippen MR) is 61.0 cm³/mol. The van der Waals surface area contributed by atoms with Crippen LogP contribution in [0.3, 0.4) is 0 Å². The third-order valence-electron chi connectivity index (χ3n) is 2.47. The summed E-state index contributed by atoms with van der Waals surface area (Å²) in [6, 6.07) is -1.65. The van der Waals surface area contributed by atoms with Crippen molar-refractivity contribution >= 4 is 23.6 Å². The highest BCUT2D eigenvalue weighted by atomic mass is 16.2. The summed E-state index contributed by atoms with van der Waals surface area (Å²) in [6.45, 7) is 3.22. The minimum Gasteiger partial charge on any atom is -0.346 e. The second kappa shape index (κ2) is 5.58. The van der Waals surface area contributed by atoms with Crippen LogP contribution in [0.5, 0.6) is 0 Å². The van der Waals surface area contributed by atoms with E-state index in [1.165, 1.54) is 13.8 Å². The van der Waals surface area contributed by atoms with Gasteiger partial charge in [0, 0.05) is 13.1 Å². The minimum absolute atomic E-state index is 0.0990. The van der Waals surface area contributed by atoms with E-state index in [0.29, 0.717) is 0 Å². The molecule has 1 aliphatic rings. The molecule has 0 radical (unpaired) electrons. The molecule has 0 aromatic rings. The van der Waals surface area contributed by atoms with E-state index < -0.39 is 35.7 Å². The standard InChI is InChI=1S/C10H16N4O4/c1-5(11)7(15)13-6(2)9(17)14-4-3-12-8(16)10(14)18/h5-6H,3-4,11H2,1-2H3,(H,12,16)(H,13,15)/t5-,6-/m0/s1. The molecule has 1 heterocycles. The summed E-state index contributed by atoms with van der Waals surface area (Å²) >= 11 is 0. The smallest absolute Gasteiger partial charge is 0.318 e. The molecule has 4 amide bonds. The molecule has 1 saturated heterocycles. The number of amides is 4. The highest BCUT2D eigenvalue weighted by molar-refractivity contribution is 6.38. The van der Waals surface area contributed by atoms with E-state index >= 15 is 0 Å². The number of imide groups is 1. The van der Waals surface area contributed by atoms with Crippen molar-refractivity contribution in [2.75, 3.05) is 13.1 Å². The van der Waals surface area contributed by atoms with Crippen molar-refractivity contribution in [1.29, 1.82) is 0 Å². The van der Waals surface area contributed by atoms with Gasteiger partial charge in [0.2, 0.25) is 5.91 Å². The Hall–Kier alpha value is -1.96. The van der Waals surface area contributed by atoms with Gasteiger partial charge in [0.1, 0.15) is 6.04 Å². The van der Waals surface area contributed by atoms with E-state index in [1.807, 2.05) is 0 Å². The molecule has 1 aliphatic heterocycles. The van der Waals surface area contributed by atoms with Gasteiger partial charge in [-0.25, -0.2) is 0 Å². The first-order chi connectivity index (χ1) is 8.34. The van der Waals surface area contributed by atoms with Crippen LogP contribution in [0.25, 0.3) is 0 Å². The summed E-state index contributed by atoms with van der Waals surface area (Å²) < 4.78 is 0. The average Bonchev–Trinajstić information content (AvgIpc) is 2.31. The first-order valence-corrected chi connectivity index (χ1v) is 5.54. The first kappa shape index (κ1) is 14.1. The molecule has 4 N–H and O–H groups in total. The van der Waals surface area contributed by atoms with E-state index in [9.17, 15) is 19.2 Å². The molecule has 0 saturated carbocycles. The Morgan fingerprint density at radius 3 is 2.56 bits per heavy atom. The fourth-order valence-corrected chi connectivity index (χ4v) is 1.43. The zero-order valence-corrected chi connectivity index (χ0v) is 10.2. The molecule has 0 aromatic carbocycles. The molecular formula is C10H16N4O4. The second-order valence-electron chi connectivity index (χ2n) is 4.07. The number of hydrogen-bond donors (Lipinski definition) is 3. The van der Waals surface area contributed by atoms with E-state index in [-0.39, 0.29) is 13.1 Å². The largest absolute Gasteiger partial charge is 0.346 e. The third kappa shape index (κ3) is 3.04. The highest BCUT2D eigenvalue weighted by Crippen LogP contribution is 2.00. The predicted octanol–water partition coefficient (Wildman–Crippen LogP) is -2.68. The van der Waals surface area contributed by atoms with E-state index in [1.54, 1.807) is 0 Å². The monoisotopic (exact) mass is 256 g/mol. The lowest BCUT2D eigenvalue weighted by Gasteiger charge is -2.27. The number of hydrogen-bond acceptors (Lipinski definition) is 5. The fraction of sp³-hybridized carbons (Fsp3) is 0.600. The lowest BCUT2D eigenvalue weighted by molar-refractivity contribution is -0.155. The summed E-state index contributed by atoms with van der Waals surface area (Å²) in [4.78, 5) is 46.6. The van der Waals surface area contributed by atoms with Crippen molar-refractivity contribution in [2.24, 2.45) is 5.73 Å². The number of carbonyl (C=O) groups excluding carboxylic acids is 4.